The Balaban J connectivity index is 4.23. The van der Waals surface area contributed by atoms with Crippen molar-refractivity contribution < 1.29 is 23.8 Å². The van der Waals surface area contributed by atoms with E-state index in [1.807, 2.05) is 0 Å². The topological polar surface area (TPSA) is 61.8 Å². The summed E-state index contributed by atoms with van der Waals surface area (Å²) < 4.78 is 17.5. The molecule has 0 aliphatic carbocycles. The van der Waals surface area contributed by atoms with Gasteiger partial charge in [-0.2, -0.15) is 0 Å². The summed E-state index contributed by atoms with van der Waals surface area (Å²) in [6.07, 6.45) is 75.4. The molecule has 0 aromatic heterocycles. The van der Waals surface area contributed by atoms with Crippen LogP contribution in [0.3, 0.4) is 0 Å². The molecule has 5 heteroatoms. The number of allylic oxidation sites excluding steroid dienone is 10. The monoisotopic (exact) mass is 951 g/mol. The Morgan fingerprint density at radius 3 is 1.10 bits per heavy atom. The highest BCUT2D eigenvalue weighted by Gasteiger charge is 2.17. The molecule has 0 rings (SSSR count). The van der Waals surface area contributed by atoms with Gasteiger partial charge in [-0.15, -0.1) is 0 Å². The lowest BCUT2D eigenvalue weighted by Crippen LogP contribution is -2.30. The van der Waals surface area contributed by atoms with Gasteiger partial charge in [0.1, 0.15) is 6.61 Å². The van der Waals surface area contributed by atoms with Gasteiger partial charge in [0.05, 0.1) is 6.61 Å². The molecule has 0 saturated heterocycles. The summed E-state index contributed by atoms with van der Waals surface area (Å²) in [6.45, 7) is 7.71. The molecule has 68 heavy (non-hydrogen) atoms. The van der Waals surface area contributed by atoms with Crippen LogP contribution in [0.1, 0.15) is 303 Å². The van der Waals surface area contributed by atoms with Crippen LogP contribution in [0.25, 0.3) is 0 Å². The zero-order valence-electron chi connectivity index (χ0n) is 45.6. The summed E-state index contributed by atoms with van der Waals surface area (Å²) >= 11 is 0. The second kappa shape index (κ2) is 58.9. The van der Waals surface area contributed by atoms with Crippen molar-refractivity contribution in [3.8, 4) is 0 Å². The lowest BCUT2D eigenvalue weighted by molar-refractivity contribution is -0.163. The number of ether oxygens (including phenoxy) is 3. The number of carbonyl (C=O) groups excluding carboxylic acids is 2. The maximum absolute atomic E-state index is 12.8. The van der Waals surface area contributed by atoms with Gasteiger partial charge >= 0.3 is 11.9 Å². The van der Waals surface area contributed by atoms with Crippen molar-refractivity contribution in [2.24, 2.45) is 0 Å². The molecule has 1 atom stereocenters. The number of esters is 2. The Labute approximate surface area is 424 Å². The van der Waals surface area contributed by atoms with Crippen LogP contribution in [-0.2, 0) is 23.8 Å². The molecule has 5 nitrogen and oxygen atoms in total. The molecule has 0 aromatic carbocycles. The highest BCUT2D eigenvalue weighted by Crippen LogP contribution is 2.16. The van der Waals surface area contributed by atoms with Crippen LogP contribution in [0.4, 0.5) is 0 Å². The first-order chi connectivity index (χ1) is 33.6. The summed E-state index contributed by atoms with van der Waals surface area (Å²) in [7, 11) is 0. The van der Waals surface area contributed by atoms with Crippen LogP contribution in [-0.4, -0.2) is 37.9 Å². The normalized spacial score (nSPS) is 12.6. The van der Waals surface area contributed by atoms with E-state index in [0.29, 0.717) is 19.4 Å². The molecule has 0 fully saturated rings. The van der Waals surface area contributed by atoms with Crippen molar-refractivity contribution >= 4 is 11.9 Å². The fourth-order valence-corrected chi connectivity index (χ4v) is 8.62. The third-order valence-corrected chi connectivity index (χ3v) is 13.0. The van der Waals surface area contributed by atoms with E-state index < -0.39 is 6.10 Å². The van der Waals surface area contributed by atoms with E-state index in [-0.39, 0.29) is 25.2 Å². The molecule has 0 bridgehead atoms. The molecule has 0 radical (unpaired) electrons. The molecular weight excluding hydrogens is 837 g/mol. The minimum atomic E-state index is -0.553. The Morgan fingerprint density at radius 2 is 0.662 bits per heavy atom. The molecular formula is C63H114O5. The summed E-state index contributed by atoms with van der Waals surface area (Å²) in [5, 5.41) is 0. The van der Waals surface area contributed by atoms with E-state index in [1.165, 1.54) is 193 Å². The first-order valence-electron chi connectivity index (χ1n) is 29.8. The Bertz CT molecular complexity index is 1170. The second-order valence-corrected chi connectivity index (χ2v) is 19.9. The molecule has 396 valence electrons. The van der Waals surface area contributed by atoms with Gasteiger partial charge in [-0.25, -0.2) is 0 Å². The lowest BCUT2D eigenvalue weighted by Gasteiger charge is -2.18. The smallest absolute Gasteiger partial charge is 0.306 e. The fourth-order valence-electron chi connectivity index (χ4n) is 8.62. The Hall–Kier alpha value is -2.40. The second-order valence-electron chi connectivity index (χ2n) is 19.9. The minimum Gasteiger partial charge on any atom is -0.462 e. The van der Waals surface area contributed by atoms with Crippen LogP contribution in [0, 0.1) is 0 Å². The van der Waals surface area contributed by atoms with Crippen LogP contribution < -0.4 is 0 Å². The number of unbranched alkanes of at least 4 members (excludes halogenated alkanes) is 34. The van der Waals surface area contributed by atoms with E-state index in [0.717, 1.165) is 77.0 Å². The number of carbonyl (C=O) groups is 2. The van der Waals surface area contributed by atoms with Crippen LogP contribution in [0.2, 0.25) is 0 Å². The van der Waals surface area contributed by atoms with Crippen molar-refractivity contribution in [2.45, 2.75) is 309 Å². The summed E-state index contributed by atoms with van der Waals surface area (Å²) in [4.78, 5) is 25.5. The number of rotatable bonds is 55. The molecule has 0 amide bonds. The van der Waals surface area contributed by atoms with Crippen LogP contribution >= 0.6 is 0 Å². The van der Waals surface area contributed by atoms with Gasteiger partial charge in [-0.3, -0.25) is 9.59 Å². The summed E-state index contributed by atoms with van der Waals surface area (Å²) in [5.41, 5.74) is 0. The third kappa shape index (κ3) is 56.2. The van der Waals surface area contributed by atoms with Gasteiger partial charge in [0, 0.05) is 19.4 Å². The maximum atomic E-state index is 12.8. The van der Waals surface area contributed by atoms with E-state index in [1.54, 1.807) is 0 Å². The first-order valence-corrected chi connectivity index (χ1v) is 29.8. The average molecular weight is 952 g/mol. The molecule has 1 unspecified atom stereocenters. The molecule has 0 heterocycles. The van der Waals surface area contributed by atoms with Gasteiger partial charge in [0.25, 0.3) is 0 Å². The zero-order chi connectivity index (χ0) is 49.2. The van der Waals surface area contributed by atoms with Crippen LogP contribution in [0.15, 0.2) is 60.8 Å². The lowest BCUT2D eigenvalue weighted by atomic mass is 10.0. The van der Waals surface area contributed by atoms with E-state index >= 15 is 0 Å². The van der Waals surface area contributed by atoms with E-state index in [4.69, 9.17) is 14.2 Å². The van der Waals surface area contributed by atoms with Gasteiger partial charge in [0.15, 0.2) is 6.10 Å². The predicted molar refractivity (Wildman–Crippen MR) is 298 cm³/mol. The highest BCUT2D eigenvalue weighted by molar-refractivity contribution is 5.70. The van der Waals surface area contributed by atoms with Crippen molar-refractivity contribution in [1.82, 2.24) is 0 Å². The SMILES string of the molecule is CC/C=C\C/C=C\C/C=C\CCCCCC(=O)OC(COCCCCCCCCCCCCCCCCCCCCCC)COC(=O)CCCCCCCCCCC/C=C\C/C=C\CCCCC. The molecule has 0 aliphatic rings. The van der Waals surface area contributed by atoms with Crippen LogP contribution in [0.5, 0.6) is 0 Å². The Kier molecular flexibility index (Phi) is 56.8. The summed E-state index contributed by atoms with van der Waals surface area (Å²) in [5.74, 6) is -0.423. The first kappa shape index (κ1) is 65.6. The van der Waals surface area contributed by atoms with Gasteiger partial charge in [-0.05, 0) is 83.5 Å². The van der Waals surface area contributed by atoms with Crippen molar-refractivity contribution in [3.63, 3.8) is 0 Å². The predicted octanol–water partition coefficient (Wildman–Crippen LogP) is 20.5. The quantitative estimate of drug-likeness (QED) is 0.0345. The number of hydrogen-bond donors (Lipinski definition) is 0. The molecule has 0 N–H and O–H groups in total. The van der Waals surface area contributed by atoms with Crippen molar-refractivity contribution in [1.29, 1.82) is 0 Å². The molecule has 0 spiro atoms. The molecule has 0 aromatic rings. The standard InChI is InChI=1S/C63H114O5/c1-4-7-10-13-16-19-22-25-27-29-31-33-35-37-40-43-46-49-52-55-58-66-59-61(68-63(65)57-54-51-48-45-42-38-24-21-18-15-12-9-6-3)60-67-62(64)56-53-50-47-44-41-39-36-34-32-30-28-26-23-20-17-14-11-8-5-2/h9,12,17-18,20-21,26,28,38,42,61H,4-8,10-11,13-16,19,22-25,27,29-37,39-41,43-60H2,1-3H3/b12-9-,20-17-,21-18-,28-26-,42-38-. The van der Waals surface area contributed by atoms with Gasteiger partial charge in [0.2, 0.25) is 0 Å². The van der Waals surface area contributed by atoms with Gasteiger partial charge in [-0.1, -0.05) is 268 Å². The van der Waals surface area contributed by atoms with E-state index in [9.17, 15) is 9.59 Å². The number of hydrogen-bond acceptors (Lipinski definition) is 5. The maximum Gasteiger partial charge on any atom is 0.306 e. The Morgan fingerprint density at radius 1 is 0.338 bits per heavy atom. The van der Waals surface area contributed by atoms with Gasteiger partial charge < -0.3 is 14.2 Å². The summed E-state index contributed by atoms with van der Waals surface area (Å²) in [6, 6.07) is 0. The van der Waals surface area contributed by atoms with Crippen molar-refractivity contribution in [2.75, 3.05) is 19.8 Å². The molecule has 0 aliphatic heterocycles. The highest BCUT2D eigenvalue weighted by atomic mass is 16.6. The van der Waals surface area contributed by atoms with Crippen molar-refractivity contribution in [3.05, 3.63) is 60.8 Å². The largest absolute Gasteiger partial charge is 0.462 e. The average Bonchev–Trinajstić information content (AvgIpc) is 3.34. The molecule has 0 saturated carbocycles. The third-order valence-electron chi connectivity index (χ3n) is 13.0. The zero-order valence-corrected chi connectivity index (χ0v) is 45.6. The minimum absolute atomic E-state index is 0.0733. The van der Waals surface area contributed by atoms with E-state index in [2.05, 4.69) is 81.5 Å². The fraction of sp³-hybridized carbons (Fsp3) is 0.810.